The lowest BCUT2D eigenvalue weighted by Crippen LogP contribution is -2.10. The lowest BCUT2D eigenvalue weighted by Gasteiger charge is -2.12. The first kappa shape index (κ1) is 13.6. The van der Waals surface area contributed by atoms with Gasteiger partial charge < -0.3 is 4.57 Å². The molecular formula is C18H14N4O. The average Bonchev–Trinajstić information content (AvgIpc) is 3.17. The lowest BCUT2D eigenvalue weighted by atomic mass is 10.0. The minimum atomic E-state index is -0.157. The summed E-state index contributed by atoms with van der Waals surface area (Å²) in [5.41, 5.74) is 4.15. The maximum atomic E-state index is 12.3. The zero-order chi connectivity index (χ0) is 15.6. The first-order valence-electron chi connectivity index (χ1n) is 7.41. The maximum absolute atomic E-state index is 12.3. The van der Waals surface area contributed by atoms with Crippen LogP contribution in [0.1, 0.15) is 23.6 Å². The van der Waals surface area contributed by atoms with E-state index in [0.717, 1.165) is 22.4 Å². The number of aromatic nitrogens is 3. The third-order valence-corrected chi connectivity index (χ3v) is 4.01. The monoisotopic (exact) mass is 302 g/mol. The van der Waals surface area contributed by atoms with Crippen LogP contribution in [0, 0.1) is 0 Å². The number of hydrogen-bond donors (Lipinski definition) is 0. The topological polar surface area (TPSA) is 60.1 Å². The first-order chi connectivity index (χ1) is 11.3. The van der Waals surface area contributed by atoms with Crippen molar-refractivity contribution in [3.63, 3.8) is 0 Å². The van der Waals surface area contributed by atoms with Gasteiger partial charge in [-0.2, -0.15) is 0 Å². The highest BCUT2D eigenvalue weighted by Gasteiger charge is 2.29. The van der Waals surface area contributed by atoms with Crippen LogP contribution in [-0.4, -0.2) is 26.7 Å². The standard InChI is InChI=1S/C18H14N4O/c23-18(21-10-13-4-3-7-19-9-13)8-16-14-5-1-2-6-15(14)17-11-20-12-22(16)17/h1-7,9-12,16H,8H2. The number of hydrogen-bond acceptors (Lipinski definition) is 3. The molecule has 1 atom stereocenters. The number of imidazole rings is 1. The van der Waals surface area contributed by atoms with Gasteiger partial charge in [0.15, 0.2) is 0 Å². The fraction of sp³-hybridized carbons (Fsp3) is 0.111. The second-order valence-corrected chi connectivity index (χ2v) is 5.43. The van der Waals surface area contributed by atoms with E-state index in [1.165, 1.54) is 0 Å². The average molecular weight is 302 g/mol. The summed E-state index contributed by atoms with van der Waals surface area (Å²) < 4.78 is 2.04. The summed E-state index contributed by atoms with van der Waals surface area (Å²) in [6, 6.07) is 11.8. The molecule has 0 bridgehead atoms. The van der Waals surface area contributed by atoms with Crippen LogP contribution < -0.4 is 0 Å². The SMILES string of the molecule is O=C(CC1c2ccccc2-c2cncn21)N=Cc1cccnc1. The molecule has 1 amide bonds. The van der Waals surface area contributed by atoms with Gasteiger partial charge in [0.05, 0.1) is 30.7 Å². The number of rotatable bonds is 3. The Bertz CT molecular complexity index is 883. The minimum Gasteiger partial charge on any atom is -0.322 e. The van der Waals surface area contributed by atoms with Crippen molar-refractivity contribution in [1.29, 1.82) is 0 Å². The molecule has 0 N–H and O–H groups in total. The second-order valence-electron chi connectivity index (χ2n) is 5.43. The first-order valence-corrected chi connectivity index (χ1v) is 7.41. The Labute approximate surface area is 133 Å². The van der Waals surface area contributed by atoms with E-state index in [4.69, 9.17) is 0 Å². The zero-order valence-electron chi connectivity index (χ0n) is 12.3. The van der Waals surface area contributed by atoms with Crippen molar-refractivity contribution < 1.29 is 4.79 Å². The molecule has 112 valence electrons. The molecule has 1 aliphatic rings. The highest BCUT2D eigenvalue weighted by molar-refractivity contribution is 5.92. The van der Waals surface area contributed by atoms with Crippen molar-refractivity contribution in [3.05, 3.63) is 72.4 Å². The third kappa shape index (κ3) is 2.46. The minimum absolute atomic E-state index is 0.0396. The second kappa shape index (κ2) is 5.61. The van der Waals surface area contributed by atoms with E-state index in [-0.39, 0.29) is 11.9 Å². The molecule has 2 aromatic heterocycles. The van der Waals surface area contributed by atoms with Crippen molar-refractivity contribution in [3.8, 4) is 11.3 Å². The number of amides is 1. The molecule has 23 heavy (non-hydrogen) atoms. The highest BCUT2D eigenvalue weighted by Crippen LogP contribution is 2.40. The van der Waals surface area contributed by atoms with Gasteiger partial charge in [-0.25, -0.2) is 9.98 Å². The van der Waals surface area contributed by atoms with Crippen LogP contribution in [-0.2, 0) is 4.79 Å². The van der Waals surface area contributed by atoms with Crippen molar-refractivity contribution >= 4 is 12.1 Å². The molecular weight excluding hydrogens is 288 g/mol. The van der Waals surface area contributed by atoms with Gasteiger partial charge >= 0.3 is 0 Å². The summed E-state index contributed by atoms with van der Waals surface area (Å²) in [6.07, 6.45) is 8.85. The molecule has 0 fully saturated rings. The van der Waals surface area contributed by atoms with Gasteiger partial charge in [-0.3, -0.25) is 9.78 Å². The van der Waals surface area contributed by atoms with Crippen LogP contribution in [0.15, 0.2) is 66.3 Å². The number of carbonyl (C=O) groups is 1. The largest absolute Gasteiger partial charge is 0.322 e. The maximum Gasteiger partial charge on any atom is 0.248 e. The Morgan fingerprint density at radius 2 is 2.09 bits per heavy atom. The molecule has 3 heterocycles. The van der Waals surface area contributed by atoms with E-state index >= 15 is 0 Å². The van der Waals surface area contributed by atoms with Gasteiger partial charge in [0, 0.05) is 29.7 Å². The van der Waals surface area contributed by atoms with E-state index in [1.807, 2.05) is 35.0 Å². The molecule has 0 saturated heterocycles. The van der Waals surface area contributed by atoms with E-state index in [1.54, 1.807) is 24.9 Å². The molecule has 0 radical (unpaired) electrons. The quantitative estimate of drug-likeness (QED) is 0.699. The van der Waals surface area contributed by atoms with Gasteiger partial charge in [-0.1, -0.05) is 30.3 Å². The molecule has 5 heteroatoms. The van der Waals surface area contributed by atoms with Gasteiger partial charge in [0.25, 0.3) is 0 Å². The fourth-order valence-electron chi connectivity index (χ4n) is 2.96. The molecule has 4 rings (SSSR count). The van der Waals surface area contributed by atoms with Crippen LogP contribution in [0.3, 0.4) is 0 Å². The van der Waals surface area contributed by atoms with Crippen molar-refractivity contribution in [2.45, 2.75) is 12.5 Å². The summed E-state index contributed by atoms with van der Waals surface area (Å²) in [7, 11) is 0. The van der Waals surface area contributed by atoms with Crippen molar-refractivity contribution in [1.82, 2.24) is 14.5 Å². The number of fused-ring (bicyclic) bond motifs is 3. The summed E-state index contributed by atoms with van der Waals surface area (Å²) in [5, 5.41) is 0. The summed E-state index contributed by atoms with van der Waals surface area (Å²) >= 11 is 0. The zero-order valence-corrected chi connectivity index (χ0v) is 12.3. The normalized spacial score (nSPS) is 15.6. The van der Waals surface area contributed by atoms with Crippen LogP contribution in [0.25, 0.3) is 11.3 Å². The summed E-state index contributed by atoms with van der Waals surface area (Å²) in [4.78, 5) is 24.5. The molecule has 1 aliphatic heterocycles. The van der Waals surface area contributed by atoms with E-state index < -0.39 is 0 Å². The summed E-state index contributed by atoms with van der Waals surface area (Å²) in [6.45, 7) is 0. The Balaban J connectivity index is 1.58. The predicted octanol–water partition coefficient (Wildman–Crippen LogP) is 2.88. The van der Waals surface area contributed by atoms with Gasteiger partial charge in [-0.05, 0) is 11.6 Å². The van der Waals surface area contributed by atoms with E-state index in [9.17, 15) is 4.79 Å². The molecule has 5 nitrogen and oxygen atoms in total. The number of aliphatic imine (C=N–C) groups is 1. The van der Waals surface area contributed by atoms with Crippen LogP contribution in [0.2, 0.25) is 0 Å². The van der Waals surface area contributed by atoms with Crippen molar-refractivity contribution in [2.24, 2.45) is 4.99 Å². The molecule has 0 saturated carbocycles. The predicted molar refractivity (Wildman–Crippen MR) is 87.3 cm³/mol. The lowest BCUT2D eigenvalue weighted by molar-refractivity contribution is -0.118. The van der Waals surface area contributed by atoms with Crippen LogP contribution in [0.4, 0.5) is 0 Å². The third-order valence-electron chi connectivity index (χ3n) is 4.01. The number of carbonyl (C=O) groups excluding carboxylic acids is 1. The van der Waals surface area contributed by atoms with Crippen molar-refractivity contribution in [2.75, 3.05) is 0 Å². The van der Waals surface area contributed by atoms with Gasteiger partial charge in [0.1, 0.15) is 0 Å². The Morgan fingerprint density at radius 3 is 2.96 bits per heavy atom. The Morgan fingerprint density at radius 1 is 1.17 bits per heavy atom. The number of nitrogens with zero attached hydrogens (tertiary/aromatic N) is 4. The number of benzene rings is 1. The highest BCUT2D eigenvalue weighted by atomic mass is 16.1. The number of pyridine rings is 1. The molecule has 3 aromatic rings. The van der Waals surface area contributed by atoms with Crippen LogP contribution >= 0.6 is 0 Å². The van der Waals surface area contributed by atoms with Gasteiger partial charge in [0.2, 0.25) is 5.91 Å². The van der Waals surface area contributed by atoms with Crippen LogP contribution in [0.5, 0.6) is 0 Å². The van der Waals surface area contributed by atoms with E-state index in [0.29, 0.717) is 6.42 Å². The smallest absolute Gasteiger partial charge is 0.248 e. The van der Waals surface area contributed by atoms with E-state index in [2.05, 4.69) is 27.1 Å². The van der Waals surface area contributed by atoms with Gasteiger partial charge in [-0.15, -0.1) is 0 Å². The molecule has 0 spiro atoms. The molecule has 1 aromatic carbocycles. The fourth-order valence-corrected chi connectivity index (χ4v) is 2.96. The Kier molecular flexibility index (Phi) is 3.31. The summed E-state index contributed by atoms with van der Waals surface area (Å²) in [5.74, 6) is -0.157. The molecule has 0 aliphatic carbocycles. The molecule has 1 unspecified atom stereocenters. The Hall–Kier alpha value is -3.08.